The third-order valence-corrected chi connectivity index (χ3v) is 3.24. The first-order valence-electron chi connectivity index (χ1n) is 7.37. The molecule has 0 saturated heterocycles. The van der Waals surface area contributed by atoms with E-state index in [4.69, 9.17) is 26.8 Å². The molecule has 0 aliphatic rings. The molecule has 0 fully saturated rings. The number of benzene rings is 1. The Labute approximate surface area is 143 Å². The van der Waals surface area contributed by atoms with E-state index in [2.05, 4.69) is 15.3 Å². The second-order valence-corrected chi connectivity index (χ2v) is 5.06. The number of aryl methyl sites for hydroxylation is 1. The van der Waals surface area contributed by atoms with Gasteiger partial charge in [0.15, 0.2) is 23.9 Å². The minimum absolute atomic E-state index is 0.366. The molecule has 1 aromatic carbocycles. The molecule has 2 N–H and O–H groups in total. The molecule has 128 valence electrons. The second kappa shape index (κ2) is 8.25. The third kappa shape index (κ3) is 4.42. The molecule has 0 spiro atoms. The molecule has 1 heterocycles. The molecule has 2 aromatic rings. The maximum absolute atomic E-state index is 10.6. The third-order valence-electron chi connectivity index (χ3n) is 2.97. The monoisotopic (exact) mass is 350 g/mol. The van der Waals surface area contributed by atoms with Gasteiger partial charge < -0.3 is 14.6 Å². The predicted molar refractivity (Wildman–Crippen MR) is 90.5 cm³/mol. The van der Waals surface area contributed by atoms with E-state index in [0.717, 1.165) is 11.4 Å². The molecule has 0 radical (unpaired) electrons. The molecular formula is C15H18N4O4S. The maximum Gasteiger partial charge on any atom is 0.341 e. The zero-order chi connectivity index (χ0) is 17.5. The highest BCUT2D eigenvalue weighted by atomic mass is 32.1. The molecule has 0 aliphatic carbocycles. The number of H-pyrrole nitrogens is 1. The minimum atomic E-state index is -1.05. The Bertz CT molecular complexity index is 797. The number of aromatic nitrogens is 3. The molecule has 2 rings (SSSR count). The quantitative estimate of drug-likeness (QED) is 0.559. The molecule has 0 bridgehead atoms. The Kier molecular flexibility index (Phi) is 6.07. The lowest BCUT2D eigenvalue weighted by molar-refractivity contribution is -0.139. The molecule has 0 unspecified atom stereocenters. The van der Waals surface area contributed by atoms with E-state index in [1.54, 1.807) is 29.1 Å². The van der Waals surface area contributed by atoms with E-state index in [-0.39, 0.29) is 0 Å². The van der Waals surface area contributed by atoms with Crippen LogP contribution in [0.5, 0.6) is 11.5 Å². The van der Waals surface area contributed by atoms with Gasteiger partial charge in [0, 0.05) is 6.42 Å². The average Bonchev–Trinajstić information content (AvgIpc) is 2.92. The number of ether oxygens (including phenoxy) is 2. The lowest BCUT2D eigenvalue weighted by atomic mass is 10.2. The van der Waals surface area contributed by atoms with Crippen LogP contribution in [0, 0.1) is 4.77 Å². The predicted octanol–water partition coefficient (Wildman–Crippen LogP) is 2.25. The van der Waals surface area contributed by atoms with Crippen LogP contribution in [0.4, 0.5) is 0 Å². The first-order chi connectivity index (χ1) is 11.5. The number of aromatic amines is 1. The fraction of sp³-hybridized carbons (Fsp3) is 0.333. The van der Waals surface area contributed by atoms with Crippen LogP contribution in [0.25, 0.3) is 0 Å². The summed E-state index contributed by atoms with van der Waals surface area (Å²) in [6, 6.07) is 5.11. The summed E-state index contributed by atoms with van der Waals surface area (Å²) < 4.78 is 12.7. The zero-order valence-electron chi connectivity index (χ0n) is 13.4. The Morgan fingerprint density at radius 1 is 1.42 bits per heavy atom. The van der Waals surface area contributed by atoms with Gasteiger partial charge in [0.2, 0.25) is 4.77 Å². The van der Waals surface area contributed by atoms with Gasteiger partial charge in [0.1, 0.15) is 0 Å². The molecule has 9 heteroatoms. The Morgan fingerprint density at radius 2 is 2.21 bits per heavy atom. The van der Waals surface area contributed by atoms with Crippen LogP contribution >= 0.6 is 12.2 Å². The summed E-state index contributed by atoms with van der Waals surface area (Å²) >= 11 is 5.13. The number of aliphatic carboxylic acids is 1. The number of hydrogen-bond donors (Lipinski definition) is 2. The largest absolute Gasteiger partial charge is 0.490 e. The summed E-state index contributed by atoms with van der Waals surface area (Å²) in [5, 5.41) is 19.8. The van der Waals surface area contributed by atoms with Crippen LogP contribution in [-0.4, -0.2) is 45.4 Å². The highest BCUT2D eigenvalue weighted by molar-refractivity contribution is 7.71. The molecule has 0 saturated carbocycles. The van der Waals surface area contributed by atoms with Crippen molar-refractivity contribution in [1.82, 2.24) is 14.9 Å². The fourth-order valence-electron chi connectivity index (χ4n) is 1.93. The van der Waals surface area contributed by atoms with Crippen molar-refractivity contribution in [3.05, 3.63) is 34.4 Å². The molecule has 8 nitrogen and oxygen atoms in total. The second-order valence-electron chi connectivity index (χ2n) is 4.68. The number of carboxylic acids is 1. The van der Waals surface area contributed by atoms with Gasteiger partial charge in [-0.3, -0.25) is 5.10 Å². The van der Waals surface area contributed by atoms with Crippen LogP contribution in [-0.2, 0) is 11.2 Å². The van der Waals surface area contributed by atoms with Gasteiger partial charge in [-0.2, -0.15) is 14.9 Å². The lowest BCUT2D eigenvalue weighted by Gasteiger charge is -2.11. The van der Waals surface area contributed by atoms with Gasteiger partial charge in [-0.15, -0.1) is 0 Å². The number of rotatable bonds is 8. The van der Waals surface area contributed by atoms with Crippen molar-refractivity contribution >= 4 is 24.4 Å². The molecular weight excluding hydrogens is 332 g/mol. The van der Waals surface area contributed by atoms with Crippen molar-refractivity contribution in [3.63, 3.8) is 0 Å². The number of nitrogens with one attached hydrogen (secondary N) is 1. The number of nitrogens with zero attached hydrogens (tertiary/aromatic N) is 3. The molecule has 24 heavy (non-hydrogen) atoms. The highest BCUT2D eigenvalue weighted by Gasteiger charge is 2.08. The summed E-state index contributed by atoms with van der Waals surface area (Å²) in [5.74, 6) is 0.493. The van der Waals surface area contributed by atoms with Gasteiger partial charge in [-0.05, 0) is 42.9 Å². The SMILES string of the molecule is CCOc1cc(/C=N\n2c(CC)n[nH]c2=S)ccc1OCC(=O)O. The van der Waals surface area contributed by atoms with Crippen LogP contribution in [0.15, 0.2) is 23.3 Å². The van der Waals surface area contributed by atoms with Crippen LogP contribution in [0.1, 0.15) is 25.2 Å². The fourth-order valence-corrected chi connectivity index (χ4v) is 2.13. The van der Waals surface area contributed by atoms with Crippen molar-refractivity contribution in [2.75, 3.05) is 13.2 Å². The molecule has 0 aliphatic heterocycles. The van der Waals surface area contributed by atoms with E-state index >= 15 is 0 Å². The number of carboxylic acid groups (broad SMARTS) is 1. The molecule has 0 atom stereocenters. The van der Waals surface area contributed by atoms with Gasteiger partial charge in [0.05, 0.1) is 12.8 Å². The van der Waals surface area contributed by atoms with Crippen LogP contribution < -0.4 is 9.47 Å². The van der Waals surface area contributed by atoms with Gasteiger partial charge in [-0.25, -0.2) is 4.79 Å². The van der Waals surface area contributed by atoms with Gasteiger partial charge in [-0.1, -0.05) is 6.92 Å². The van der Waals surface area contributed by atoms with E-state index in [1.165, 1.54) is 0 Å². The van der Waals surface area contributed by atoms with Crippen molar-refractivity contribution in [1.29, 1.82) is 0 Å². The Hall–Kier alpha value is -2.68. The first kappa shape index (κ1) is 17.7. The Balaban J connectivity index is 2.25. The molecule has 0 amide bonds. The van der Waals surface area contributed by atoms with Gasteiger partial charge >= 0.3 is 5.97 Å². The lowest BCUT2D eigenvalue weighted by Crippen LogP contribution is -2.10. The van der Waals surface area contributed by atoms with Crippen LogP contribution in [0.2, 0.25) is 0 Å². The van der Waals surface area contributed by atoms with E-state index in [0.29, 0.717) is 29.3 Å². The van der Waals surface area contributed by atoms with Crippen molar-refractivity contribution in [3.8, 4) is 11.5 Å². The maximum atomic E-state index is 10.6. The van der Waals surface area contributed by atoms with Crippen molar-refractivity contribution in [2.45, 2.75) is 20.3 Å². The summed E-state index contributed by atoms with van der Waals surface area (Å²) in [4.78, 5) is 10.6. The van der Waals surface area contributed by atoms with Crippen LogP contribution in [0.3, 0.4) is 0 Å². The number of hydrogen-bond acceptors (Lipinski definition) is 6. The summed E-state index contributed by atoms with van der Waals surface area (Å²) in [5.41, 5.74) is 0.756. The topological polar surface area (TPSA) is 102 Å². The number of carbonyl (C=O) groups is 1. The molecule has 1 aromatic heterocycles. The van der Waals surface area contributed by atoms with E-state index in [9.17, 15) is 4.79 Å². The Morgan fingerprint density at radius 3 is 2.88 bits per heavy atom. The summed E-state index contributed by atoms with van der Waals surface area (Å²) in [6.45, 7) is 3.78. The standard InChI is InChI=1S/C15H18N4O4S/c1-3-13-17-18-15(24)19(13)16-8-10-5-6-11(23-9-14(20)21)12(7-10)22-4-2/h5-8H,3-4,9H2,1-2H3,(H,18,24)(H,20,21)/b16-8-. The van der Waals surface area contributed by atoms with E-state index in [1.807, 2.05) is 13.8 Å². The highest BCUT2D eigenvalue weighted by Crippen LogP contribution is 2.28. The minimum Gasteiger partial charge on any atom is -0.490 e. The first-order valence-corrected chi connectivity index (χ1v) is 7.78. The zero-order valence-corrected chi connectivity index (χ0v) is 14.2. The van der Waals surface area contributed by atoms with E-state index < -0.39 is 12.6 Å². The summed E-state index contributed by atoms with van der Waals surface area (Å²) in [6.07, 6.45) is 2.31. The normalized spacial score (nSPS) is 10.9. The van der Waals surface area contributed by atoms with Gasteiger partial charge in [0.25, 0.3) is 0 Å². The summed E-state index contributed by atoms with van der Waals surface area (Å²) in [7, 11) is 0. The average molecular weight is 350 g/mol. The van der Waals surface area contributed by atoms with Crippen molar-refractivity contribution < 1.29 is 19.4 Å². The van der Waals surface area contributed by atoms with Crippen molar-refractivity contribution in [2.24, 2.45) is 5.10 Å². The smallest absolute Gasteiger partial charge is 0.341 e.